The van der Waals surface area contributed by atoms with Gasteiger partial charge in [0, 0.05) is 6.07 Å². The number of hydrogen-bond acceptors (Lipinski definition) is 4. The quantitative estimate of drug-likeness (QED) is 0.838. The van der Waals surface area contributed by atoms with E-state index < -0.39 is 23.3 Å². The number of carbonyl (C=O) groups excluding carboxylic acids is 2. The van der Waals surface area contributed by atoms with Crippen LogP contribution in [0.25, 0.3) is 0 Å². The number of urea groups is 1. The molecule has 1 N–H and O–H groups in total. The molecular formula is C19H16FN3O3. The molecule has 3 amide bonds. The van der Waals surface area contributed by atoms with Crippen LogP contribution < -0.4 is 10.1 Å². The van der Waals surface area contributed by atoms with Gasteiger partial charge in [-0.05, 0) is 36.8 Å². The zero-order valence-electron chi connectivity index (χ0n) is 14.0. The summed E-state index contributed by atoms with van der Waals surface area (Å²) in [7, 11) is 0. The highest BCUT2D eigenvalue weighted by molar-refractivity contribution is 6.07. The predicted molar refractivity (Wildman–Crippen MR) is 90.6 cm³/mol. The summed E-state index contributed by atoms with van der Waals surface area (Å²) in [5.41, 5.74) is -0.315. The number of amides is 3. The van der Waals surface area contributed by atoms with E-state index in [2.05, 4.69) is 5.32 Å². The number of nitriles is 1. The second kappa shape index (κ2) is 6.84. The van der Waals surface area contributed by atoms with Crippen LogP contribution in [0.4, 0.5) is 9.18 Å². The van der Waals surface area contributed by atoms with Gasteiger partial charge in [-0.15, -0.1) is 0 Å². The van der Waals surface area contributed by atoms with E-state index in [1.54, 1.807) is 37.3 Å². The number of hydrogen-bond donors (Lipinski definition) is 1. The highest BCUT2D eigenvalue weighted by atomic mass is 19.1. The molecule has 0 aliphatic carbocycles. The third-order valence-electron chi connectivity index (χ3n) is 4.22. The molecule has 1 unspecified atom stereocenters. The van der Waals surface area contributed by atoms with Gasteiger partial charge in [-0.3, -0.25) is 9.69 Å². The molecule has 7 heteroatoms. The Labute approximate surface area is 149 Å². The Bertz CT molecular complexity index is 909. The highest BCUT2D eigenvalue weighted by Crippen LogP contribution is 2.29. The van der Waals surface area contributed by atoms with Crippen LogP contribution in [0.15, 0.2) is 48.5 Å². The summed E-state index contributed by atoms with van der Waals surface area (Å²) in [6.45, 7) is 1.66. The van der Waals surface area contributed by atoms with Gasteiger partial charge in [-0.2, -0.15) is 5.26 Å². The van der Waals surface area contributed by atoms with Crippen LogP contribution in [0.3, 0.4) is 0 Å². The molecule has 1 atom stereocenters. The van der Waals surface area contributed by atoms with Crippen molar-refractivity contribution in [2.75, 3.05) is 13.2 Å². The average Bonchev–Trinajstić information content (AvgIpc) is 2.86. The first-order valence-electron chi connectivity index (χ1n) is 7.97. The fourth-order valence-electron chi connectivity index (χ4n) is 2.81. The second-order valence-electron chi connectivity index (χ2n) is 6.01. The van der Waals surface area contributed by atoms with Gasteiger partial charge in [0.15, 0.2) is 0 Å². The minimum Gasteiger partial charge on any atom is -0.492 e. The lowest BCUT2D eigenvalue weighted by Gasteiger charge is -2.22. The number of carbonyl (C=O) groups is 2. The molecule has 2 aromatic carbocycles. The highest BCUT2D eigenvalue weighted by Gasteiger charge is 2.48. The molecule has 26 heavy (non-hydrogen) atoms. The molecule has 2 aromatic rings. The Hall–Kier alpha value is -3.40. The van der Waals surface area contributed by atoms with Crippen molar-refractivity contribution in [3.8, 4) is 11.8 Å². The van der Waals surface area contributed by atoms with Gasteiger partial charge >= 0.3 is 6.03 Å². The summed E-state index contributed by atoms with van der Waals surface area (Å²) in [6, 6.07) is 13.6. The normalized spacial score (nSPS) is 19.2. The van der Waals surface area contributed by atoms with Gasteiger partial charge in [-0.25, -0.2) is 9.18 Å². The fraction of sp³-hybridized carbons (Fsp3) is 0.211. The van der Waals surface area contributed by atoms with E-state index in [0.717, 1.165) is 4.90 Å². The van der Waals surface area contributed by atoms with E-state index in [9.17, 15) is 14.0 Å². The Kier molecular flexibility index (Phi) is 4.59. The fourth-order valence-corrected chi connectivity index (χ4v) is 2.81. The van der Waals surface area contributed by atoms with Crippen molar-refractivity contribution in [3.63, 3.8) is 0 Å². The van der Waals surface area contributed by atoms with E-state index in [1.165, 1.54) is 18.2 Å². The van der Waals surface area contributed by atoms with Crippen LogP contribution in [0.5, 0.6) is 5.75 Å². The van der Waals surface area contributed by atoms with Crippen molar-refractivity contribution in [3.05, 3.63) is 65.5 Å². The summed E-state index contributed by atoms with van der Waals surface area (Å²) >= 11 is 0. The molecule has 1 aliphatic heterocycles. The maximum atomic E-state index is 13.1. The number of imide groups is 1. The molecule has 1 fully saturated rings. The first kappa shape index (κ1) is 17.4. The summed E-state index contributed by atoms with van der Waals surface area (Å²) in [4.78, 5) is 26.1. The number of halogens is 1. The van der Waals surface area contributed by atoms with Crippen molar-refractivity contribution in [1.29, 1.82) is 5.26 Å². The van der Waals surface area contributed by atoms with Crippen LogP contribution in [0, 0.1) is 17.1 Å². The maximum Gasteiger partial charge on any atom is 0.325 e. The van der Waals surface area contributed by atoms with Crippen molar-refractivity contribution >= 4 is 11.9 Å². The van der Waals surface area contributed by atoms with Gasteiger partial charge in [0.2, 0.25) is 0 Å². The van der Waals surface area contributed by atoms with Gasteiger partial charge in [0.1, 0.15) is 23.7 Å². The smallest absolute Gasteiger partial charge is 0.325 e. The minimum absolute atomic E-state index is 0.0225. The number of nitrogens with zero attached hydrogens (tertiary/aromatic N) is 2. The summed E-state index contributed by atoms with van der Waals surface area (Å²) < 4.78 is 18.5. The van der Waals surface area contributed by atoms with Crippen molar-refractivity contribution < 1.29 is 18.7 Å². The van der Waals surface area contributed by atoms with Crippen molar-refractivity contribution in [2.24, 2.45) is 0 Å². The lowest BCUT2D eigenvalue weighted by molar-refractivity contribution is -0.131. The van der Waals surface area contributed by atoms with Gasteiger partial charge in [-0.1, -0.05) is 18.2 Å². The summed E-state index contributed by atoms with van der Waals surface area (Å²) in [5, 5.41) is 11.7. The lowest BCUT2D eigenvalue weighted by atomic mass is 9.91. The van der Waals surface area contributed by atoms with E-state index >= 15 is 0 Å². The molecule has 1 heterocycles. The molecule has 0 spiro atoms. The molecule has 1 aliphatic rings. The standard InChI is InChI=1S/C19H16FN3O3/c1-19(14-5-2-4-13(10-14)12-21)17(24)23(18(25)22-19)8-9-26-16-7-3-6-15(20)11-16/h2-7,10-11H,8-9H2,1H3,(H,22,25). The first-order valence-corrected chi connectivity index (χ1v) is 7.97. The molecule has 0 bridgehead atoms. The van der Waals surface area contributed by atoms with E-state index in [4.69, 9.17) is 10.00 Å². The van der Waals surface area contributed by atoms with Crippen LogP contribution in [-0.2, 0) is 10.3 Å². The Morgan fingerprint density at radius 2 is 2.00 bits per heavy atom. The SMILES string of the molecule is CC1(c2cccc(C#N)c2)NC(=O)N(CCOc2cccc(F)c2)C1=O. The van der Waals surface area contributed by atoms with E-state index in [-0.39, 0.29) is 13.2 Å². The zero-order valence-corrected chi connectivity index (χ0v) is 14.0. The van der Waals surface area contributed by atoms with Crippen LogP contribution >= 0.6 is 0 Å². The maximum absolute atomic E-state index is 13.1. The number of benzene rings is 2. The van der Waals surface area contributed by atoms with Crippen molar-refractivity contribution in [2.45, 2.75) is 12.5 Å². The number of rotatable bonds is 5. The second-order valence-corrected chi connectivity index (χ2v) is 6.01. The topological polar surface area (TPSA) is 82.4 Å². The first-order chi connectivity index (χ1) is 12.4. The predicted octanol–water partition coefficient (Wildman–Crippen LogP) is 2.54. The lowest BCUT2D eigenvalue weighted by Crippen LogP contribution is -2.41. The number of nitrogens with one attached hydrogen (secondary N) is 1. The Morgan fingerprint density at radius 1 is 1.23 bits per heavy atom. The molecule has 6 nitrogen and oxygen atoms in total. The molecule has 132 valence electrons. The molecule has 0 radical (unpaired) electrons. The van der Waals surface area contributed by atoms with Crippen molar-refractivity contribution in [1.82, 2.24) is 10.2 Å². The Morgan fingerprint density at radius 3 is 2.73 bits per heavy atom. The zero-order chi connectivity index (χ0) is 18.7. The number of ether oxygens (including phenoxy) is 1. The summed E-state index contributed by atoms with van der Waals surface area (Å²) in [6.07, 6.45) is 0. The molecule has 1 saturated heterocycles. The molecular weight excluding hydrogens is 337 g/mol. The third-order valence-corrected chi connectivity index (χ3v) is 4.22. The molecule has 0 aromatic heterocycles. The van der Waals surface area contributed by atoms with E-state index in [1.807, 2.05) is 6.07 Å². The van der Waals surface area contributed by atoms with E-state index in [0.29, 0.717) is 16.9 Å². The largest absolute Gasteiger partial charge is 0.492 e. The monoisotopic (exact) mass is 353 g/mol. The van der Waals surface area contributed by atoms with Crippen LogP contribution in [0.1, 0.15) is 18.1 Å². The van der Waals surface area contributed by atoms with Crippen LogP contribution in [0.2, 0.25) is 0 Å². The van der Waals surface area contributed by atoms with Gasteiger partial charge < -0.3 is 10.1 Å². The Balaban J connectivity index is 1.71. The summed E-state index contributed by atoms with van der Waals surface area (Å²) in [5.74, 6) is -0.538. The third kappa shape index (κ3) is 3.22. The molecule has 0 saturated carbocycles. The molecule has 3 rings (SSSR count). The van der Waals surface area contributed by atoms with Gasteiger partial charge in [0.05, 0.1) is 18.2 Å². The van der Waals surface area contributed by atoms with Crippen LogP contribution in [-0.4, -0.2) is 30.0 Å². The average molecular weight is 353 g/mol. The van der Waals surface area contributed by atoms with Gasteiger partial charge in [0.25, 0.3) is 5.91 Å². The minimum atomic E-state index is -1.25.